The molecule has 3 atom stereocenters. The molecule has 1 amide bonds. The molecule has 2 aliphatic carbocycles. The summed E-state index contributed by atoms with van der Waals surface area (Å²) >= 11 is 0. The third-order valence-electron chi connectivity index (χ3n) is 8.48. The van der Waals surface area contributed by atoms with Crippen molar-refractivity contribution in [3.63, 3.8) is 0 Å². The molecule has 180 valence electrons. The monoisotopic (exact) mass is 452 g/mol. The number of amides is 1. The molecule has 5 heteroatoms. The molecule has 0 saturated carbocycles. The van der Waals surface area contributed by atoms with E-state index in [1.165, 1.54) is 11.1 Å². The molecule has 1 heterocycles. The van der Waals surface area contributed by atoms with Crippen LogP contribution in [-0.2, 0) is 31.3 Å². The number of aliphatic hydroxyl groups is 1. The molecule has 0 aliphatic heterocycles. The van der Waals surface area contributed by atoms with Gasteiger partial charge in [-0.1, -0.05) is 32.4 Å². The molecule has 0 saturated heterocycles. The van der Waals surface area contributed by atoms with Gasteiger partial charge in [0.25, 0.3) is 5.91 Å². The average molecular weight is 453 g/mol. The largest absolute Gasteiger partial charge is 0.507 e. The number of fused-ring (bicyclic) bond motifs is 4. The Labute approximate surface area is 198 Å². The van der Waals surface area contributed by atoms with Crippen molar-refractivity contribution in [2.45, 2.75) is 98.3 Å². The number of nitrogens with zero attached hydrogens (tertiary/aromatic N) is 1. The first kappa shape index (κ1) is 23.9. The van der Waals surface area contributed by atoms with Gasteiger partial charge in [-0.2, -0.15) is 0 Å². The number of rotatable bonds is 5. The van der Waals surface area contributed by atoms with Gasteiger partial charge < -0.3 is 20.1 Å². The second kappa shape index (κ2) is 8.50. The Morgan fingerprint density at radius 2 is 1.88 bits per heavy atom. The number of aromatic nitrogens is 1. The van der Waals surface area contributed by atoms with Gasteiger partial charge in [0.2, 0.25) is 0 Å². The van der Waals surface area contributed by atoms with Crippen LogP contribution in [0.2, 0.25) is 0 Å². The third kappa shape index (κ3) is 3.60. The molecule has 0 spiro atoms. The summed E-state index contributed by atoms with van der Waals surface area (Å²) in [5, 5.41) is 20.9. The van der Waals surface area contributed by atoms with Crippen LogP contribution in [0.25, 0.3) is 0 Å². The zero-order chi connectivity index (χ0) is 24.2. The fourth-order valence-electron chi connectivity index (χ4n) is 6.90. The number of aliphatic hydroxyl groups excluding tert-OH is 1. The van der Waals surface area contributed by atoms with Gasteiger partial charge in [0, 0.05) is 34.3 Å². The van der Waals surface area contributed by atoms with Gasteiger partial charge in [0.05, 0.1) is 6.61 Å². The molecule has 0 bridgehead atoms. The second-order valence-corrected chi connectivity index (χ2v) is 11.0. The van der Waals surface area contributed by atoms with Crippen molar-refractivity contribution in [1.29, 1.82) is 0 Å². The number of carbonyl (C=O) groups excluding carboxylic acids is 1. The first-order valence-electron chi connectivity index (χ1n) is 12.5. The fraction of sp³-hybridized carbons (Fsp3) is 0.607. The van der Waals surface area contributed by atoms with E-state index < -0.39 is 0 Å². The molecule has 1 aromatic heterocycles. The molecule has 2 aliphatic rings. The Bertz CT molecular complexity index is 1060. The van der Waals surface area contributed by atoms with Crippen LogP contribution in [0.5, 0.6) is 5.75 Å². The zero-order valence-corrected chi connectivity index (χ0v) is 21.2. The van der Waals surface area contributed by atoms with Gasteiger partial charge >= 0.3 is 0 Å². The summed E-state index contributed by atoms with van der Waals surface area (Å²) in [4.78, 5) is 19.0. The van der Waals surface area contributed by atoms with E-state index in [1.54, 1.807) is 0 Å². The van der Waals surface area contributed by atoms with Crippen LogP contribution in [0, 0.1) is 18.8 Å². The van der Waals surface area contributed by atoms with Gasteiger partial charge in [-0.25, -0.2) is 0 Å². The van der Waals surface area contributed by atoms with Crippen LogP contribution in [0.4, 0.5) is 0 Å². The SMILES string of the molecule is CC[C@@H]1Cc2ccc(CO)c(O)c2C2(C)Cc3[nH]c(C(=O)N(C(C)C)C(C)C)c(C)c3C[C@@H]12. The summed E-state index contributed by atoms with van der Waals surface area (Å²) < 4.78 is 0. The van der Waals surface area contributed by atoms with Gasteiger partial charge in [0.1, 0.15) is 11.4 Å². The summed E-state index contributed by atoms with van der Waals surface area (Å²) in [7, 11) is 0. The summed E-state index contributed by atoms with van der Waals surface area (Å²) in [6.07, 6.45) is 3.70. The van der Waals surface area contributed by atoms with Crippen molar-refractivity contribution in [2.24, 2.45) is 11.8 Å². The molecular weight excluding hydrogens is 412 g/mol. The maximum Gasteiger partial charge on any atom is 0.271 e. The lowest BCUT2D eigenvalue weighted by atomic mass is 9.53. The molecule has 2 aromatic rings. The second-order valence-electron chi connectivity index (χ2n) is 11.0. The molecule has 3 N–H and O–H groups in total. The normalized spacial score (nSPS) is 23.9. The minimum absolute atomic E-state index is 0.0675. The lowest BCUT2D eigenvalue weighted by molar-refractivity contribution is 0.0637. The highest BCUT2D eigenvalue weighted by molar-refractivity contribution is 5.95. The molecule has 5 nitrogen and oxygen atoms in total. The fourth-order valence-corrected chi connectivity index (χ4v) is 6.90. The lowest BCUT2D eigenvalue weighted by Crippen LogP contribution is -2.47. The van der Waals surface area contributed by atoms with E-state index in [1.807, 2.05) is 11.0 Å². The van der Waals surface area contributed by atoms with Crippen molar-refractivity contribution in [3.05, 3.63) is 51.3 Å². The topological polar surface area (TPSA) is 76.6 Å². The van der Waals surface area contributed by atoms with Crippen molar-refractivity contribution >= 4 is 5.91 Å². The number of hydrogen-bond donors (Lipinski definition) is 3. The third-order valence-corrected chi connectivity index (χ3v) is 8.48. The standard InChI is InChI=1S/C28H40N2O3/c1-8-18-11-19-9-10-20(14-31)26(32)24(19)28(7)13-23-21(12-22(18)28)17(6)25(29-23)27(33)30(15(2)3)16(4)5/h9-10,15-16,18,22,29,31-32H,8,11-14H2,1-7H3/t18-,22+,28?/m1/s1. The molecule has 1 aromatic carbocycles. The van der Waals surface area contributed by atoms with Gasteiger partial charge in [-0.05, 0) is 82.4 Å². The number of hydrogen-bond acceptors (Lipinski definition) is 3. The molecular formula is C28H40N2O3. The van der Waals surface area contributed by atoms with Crippen molar-refractivity contribution in [3.8, 4) is 5.75 Å². The highest BCUT2D eigenvalue weighted by Crippen LogP contribution is 2.55. The average Bonchev–Trinajstić information content (AvgIpc) is 3.06. The Morgan fingerprint density at radius 3 is 2.45 bits per heavy atom. The quantitative estimate of drug-likeness (QED) is 0.595. The number of benzene rings is 1. The van der Waals surface area contributed by atoms with Crippen molar-refractivity contribution in [2.75, 3.05) is 0 Å². The predicted octanol–water partition coefficient (Wildman–Crippen LogP) is 5.04. The summed E-state index contributed by atoms with van der Waals surface area (Å²) in [6, 6.07) is 4.21. The highest BCUT2D eigenvalue weighted by atomic mass is 16.3. The maximum absolute atomic E-state index is 13.5. The minimum Gasteiger partial charge on any atom is -0.507 e. The predicted molar refractivity (Wildman–Crippen MR) is 132 cm³/mol. The Balaban J connectivity index is 1.83. The van der Waals surface area contributed by atoms with E-state index >= 15 is 0 Å². The van der Waals surface area contributed by atoms with Crippen LogP contribution in [0.3, 0.4) is 0 Å². The van der Waals surface area contributed by atoms with E-state index in [2.05, 4.69) is 59.5 Å². The van der Waals surface area contributed by atoms with Crippen LogP contribution in [0.15, 0.2) is 12.1 Å². The first-order chi connectivity index (χ1) is 15.5. The summed E-state index contributed by atoms with van der Waals surface area (Å²) in [5.41, 5.74) is 6.75. The molecule has 33 heavy (non-hydrogen) atoms. The van der Waals surface area contributed by atoms with Crippen LogP contribution < -0.4 is 0 Å². The molecule has 4 rings (SSSR count). The highest BCUT2D eigenvalue weighted by Gasteiger charge is 2.50. The van der Waals surface area contributed by atoms with Crippen molar-refractivity contribution in [1.82, 2.24) is 9.88 Å². The van der Waals surface area contributed by atoms with Gasteiger partial charge in [-0.3, -0.25) is 4.79 Å². The number of nitrogens with one attached hydrogen (secondary N) is 1. The number of aromatic amines is 1. The first-order valence-corrected chi connectivity index (χ1v) is 12.5. The van der Waals surface area contributed by atoms with Crippen LogP contribution >= 0.6 is 0 Å². The van der Waals surface area contributed by atoms with E-state index in [-0.39, 0.29) is 35.8 Å². The van der Waals surface area contributed by atoms with E-state index in [4.69, 9.17) is 0 Å². The van der Waals surface area contributed by atoms with E-state index in [9.17, 15) is 15.0 Å². The lowest BCUT2D eigenvalue weighted by Gasteiger charge is -2.50. The molecule has 1 unspecified atom stereocenters. The van der Waals surface area contributed by atoms with Crippen LogP contribution in [-0.4, -0.2) is 38.1 Å². The Morgan fingerprint density at radius 1 is 1.21 bits per heavy atom. The van der Waals surface area contributed by atoms with Gasteiger partial charge in [-0.15, -0.1) is 0 Å². The molecule has 0 radical (unpaired) electrons. The Hall–Kier alpha value is -2.27. The molecule has 0 fully saturated rings. The number of carbonyl (C=O) groups is 1. The van der Waals surface area contributed by atoms with E-state index in [0.29, 0.717) is 23.1 Å². The van der Waals surface area contributed by atoms with Gasteiger partial charge in [0.15, 0.2) is 0 Å². The zero-order valence-electron chi connectivity index (χ0n) is 21.2. The van der Waals surface area contributed by atoms with E-state index in [0.717, 1.165) is 42.5 Å². The number of H-pyrrole nitrogens is 1. The van der Waals surface area contributed by atoms with Crippen LogP contribution in [0.1, 0.15) is 92.0 Å². The maximum atomic E-state index is 13.5. The summed E-state index contributed by atoms with van der Waals surface area (Å²) in [5.74, 6) is 1.22. The summed E-state index contributed by atoms with van der Waals surface area (Å²) in [6.45, 7) is 14.7. The van der Waals surface area contributed by atoms with Crippen molar-refractivity contribution < 1.29 is 15.0 Å². The smallest absolute Gasteiger partial charge is 0.271 e. The number of aromatic hydroxyl groups is 1. The minimum atomic E-state index is -0.246. The number of phenols is 1. The Kier molecular flexibility index (Phi) is 6.15.